The van der Waals surface area contributed by atoms with Crippen LogP contribution in [0.15, 0.2) is 66.7 Å². The predicted molar refractivity (Wildman–Crippen MR) is 149 cm³/mol. The molecule has 1 N–H and O–H groups in total. The van der Waals surface area contributed by atoms with Crippen molar-refractivity contribution in [3.63, 3.8) is 0 Å². The fourth-order valence-corrected chi connectivity index (χ4v) is 4.45. The molecule has 3 atom stereocenters. The maximum absolute atomic E-state index is 13.8. The first kappa shape index (κ1) is 29.1. The van der Waals surface area contributed by atoms with Gasteiger partial charge in [0.05, 0.1) is 12.6 Å². The van der Waals surface area contributed by atoms with Crippen LogP contribution in [0.2, 0.25) is 0 Å². The molecule has 206 valence electrons. The van der Waals surface area contributed by atoms with Gasteiger partial charge < -0.3 is 24.4 Å². The lowest BCUT2D eigenvalue weighted by molar-refractivity contribution is -0.135. The number of rotatable bonds is 10. The summed E-state index contributed by atoms with van der Waals surface area (Å²) < 4.78 is 17.6. The van der Waals surface area contributed by atoms with E-state index in [1.807, 2.05) is 74.5 Å². The van der Waals surface area contributed by atoms with Crippen LogP contribution in [0.5, 0.6) is 11.5 Å². The summed E-state index contributed by atoms with van der Waals surface area (Å²) in [5, 5.41) is 2.79. The second kappa shape index (κ2) is 13.4. The van der Waals surface area contributed by atoms with Crippen LogP contribution in [0.25, 0.3) is 0 Å². The van der Waals surface area contributed by atoms with Crippen molar-refractivity contribution in [2.45, 2.75) is 78.2 Å². The fraction of sp³-hybridized carbons (Fsp3) is 0.484. The summed E-state index contributed by atoms with van der Waals surface area (Å²) in [5.74, 6) is 1.35. The monoisotopic (exact) mass is 522 g/mol. The van der Waals surface area contributed by atoms with Gasteiger partial charge in [-0.25, -0.2) is 4.79 Å². The Morgan fingerprint density at radius 3 is 2.42 bits per heavy atom. The highest BCUT2D eigenvalue weighted by molar-refractivity contribution is 5.86. The summed E-state index contributed by atoms with van der Waals surface area (Å²) in [6.07, 6.45) is 4.72. The van der Waals surface area contributed by atoms with Crippen molar-refractivity contribution in [1.82, 2.24) is 10.2 Å². The molecule has 2 aromatic carbocycles. The van der Waals surface area contributed by atoms with E-state index in [0.29, 0.717) is 19.6 Å². The van der Waals surface area contributed by atoms with E-state index in [0.717, 1.165) is 23.5 Å². The Morgan fingerprint density at radius 1 is 1.08 bits per heavy atom. The highest BCUT2D eigenvalue weighted by atomic mass is 16.6. The summed E-state index contributed by atoms with van der Waals surface area (Å²) in [4.78, 5) is 28.1. The minimum Gasteiger partial charge on any atom is -0.489 e. The Morgan fingerprint density at radius 2 is 1.76 bits per heavy atom. The van der Waals surface area contributed by atoms with Gasteiger partial charge in [-0.1, -0.05) is 63.2 Å². The number of para-hydroxylation sites is 2. The quantitative estimate of drug-likeness (QED) is 0.400. The van der Waals surface area contributed by atoms with Crippen LogP contribution in [0, 0.1) is 5.92 Å². The van der Waals surface area contributed by atoms with E-state index in [2.05, 4.69) is 18.3 Å². The molecule has 0 spiro atoms. The molecule has 1 aliphatic rings. The number of carbonyl (C=O) groups is 2. The molecule has 7 heteroatoms. The van der Waals surface area contributed by atoms with E-state index in [1.165, 1.54) is 0 Å². The number of hydrogen-bond acceptors (Lipinski definition) is 5. The molecule has 0 aliphatic carbocycles. The van der Waals surface area contributed by atoms with Crippen molar-refractivity contribution in [3.8, 4) is 11.5 Å². The Bertz CT molecular complexity index is 1080. The third kappa shape index (κ3) is 8.54. The van der Waals surface area contributed by atoms with E-state index in [-0.39, 0.29) is 24.0 Å². The summed E-state index contributed by atoms with van der Waals surface area (Å²) >= 11 is 0. The van der Waals surface area contributed by atoms with E-state index >= 15 is 0 Å². The van der Waals surface area contributed by atoms with Gasteiger partial charge in [-0.15, -0.1) is 0 Å². The number of nitrogens with zero attached hydrogens (tertiary/aromatic N) is 1. The zero-order valence-electron chi connectivity index (χ0n) is 23.5. The largest absolute Gasteiger partial charge is 0.489 e. The molecule has 0 bridgehead atoms. The molecule has 7 nitrogen and oxygen atoms in total. The van der Waals surface area contributed by atoms with Crippen molar-refractivity contribution in [1.29, 1.82) is 0 Å². The Labute approximate surface area is 227 Å². The second-order valence-electron chi connectivity index (χ2n) is 10.9. The van der Waals surface area contributed by atoms with Gasteiger partial charge in [0.2, 0.25) is 5.91 Å². The standard InChI is InChI=1S/C31H42N2O5/c1-7-23-14-11-12-18-27(23)36-19-13-15-24-20-26(37-25-16-9-8-10-17-25)21-33(24)29(34)28(22(2)3)32-30(35)38-31(4,5)6/h8-18,22,24,26,28H,7,19-21H2,1-6H3,(H,32,35)/t24-,26+,28?/m1/s1. The molecule has 2 aromatic rings. The fourth-order valence-electron chi connectivity index (χ4n) is 4.45. The summed E-state index contributed by atoms with van der Waals surface area (Å²) in [5.41, 5.74) is 0.501. The first-order valence-corrected chi connectivity index (χ1v) is 13.5. The van der Waals surface area contributed by atoms with Crippen molar-refractivity contribution < 1.29 is 23.8 Å². The van der Waals surface area contributed by atoms with E-state index < -0.39 is 17.7 Å². The van der Waals surface area contributed by atoms with E-state index in [4.69, 9.17) is 14.2 Å². The zero-order chi connectivity index (χ0) is 27.7. The van der Waals surface area contributed by atoms with Crippen LogP contribution in [-0.2, 0) is 16.0 Å². The van der Waals surface area contributed by atoms with Gasteiger partial charge >= 0.3 is 6.09 Å². The van der Waals surface area contributed by atoms with Gasteiger partial charge in [0.25, 0.3) is 0 Å². The van der Waals surface area contributed by atoms with Crippen LogP contribution < -0.4 is 14.8 Å². The molecule has 0 radical (unpaired) electrons. The molecular formula is C31H42N2O5. The first-order valence-electron chi connectivity index (χ1n) is 13.5. The van der Waals surface area contributed by atoms with Crippen molar-refractivity contribution in [2.24, 2.45) is 5.92 Å². The number of carbonyl (C=O) groups excluding carboxylic acids is 2. The molecule has 1 heterocycles. The van der Waals surface area contributed by atoms with Crippen molar-refractivity contribution in [3.05, 3.63) is 72.3 Å². The van der Waals surface area contributed by atoms with Crippen LogP contribution in [-0.4, -0.2) is 53.8 Å². The number of likely N-dealkylation sites (tertiary alicyclic amines) is 1. The zero-order valence-corrected chi connectivity index (χ0v) is 23.5. The number of amides is 2. The molecule has 0 saturated carbocycles. The molecule has 0 aromatic heterocycles. The number of ether oxygens (including phenoxy) is 3. The first-order chi connectivity index (χ1) is 18.1. The number of benzene rings is 2. The van der Waals surface area contributed by atoms with Gasteiger partial charge in [-0.3, -0.25) is 4.79 Å². The van der Waals surface area contributed by atoms with Gasteiger partial charge in [-0.05, 0) is 62.9 Å². The molecule has 1 aliphatic heterocycles. The highest BCUT2D eigenvalue weighted by Gasteiger charge is 2.39. The molecule has 1 fully saturated rings. The third-order valence-corrected chi connectivity index (χ3v) is 6.29. The molecule has 3 rings (SSSR count). The summed E-state index contributed by atoms with van der Waals surface area (Å²) in [6.45, 7) is 12.1. The minimum atomic E-state index is -0.719. The third-order valence-electron chi connectivity index (χ3n) is 6.29. The predicted octanol–water partition coefficient (Wildman–Crippen LogP) is 5.78. The topological polar surface area (TPSA) is 77.1 Å². The van der Waals surface area contributed by atoms with Gasteiger partial charge in [-0.2, -0.15) is 0 Å². The highest BCUT2D eigenvalue weighted by Crippen LogP contribution is 2.26. The maximum Gasteiger partial charge on any atom is 0.408 e. The molecular weight excluding hydrogens is 480 g/mol. The number of hydrogen-bond donors (Lipinski definition) is 1. The number of nitrogens with one attached hydrogen (secondary N) is 1. The lowest BCUT2D eigenvalue weighted by atomic mass is 10.0. The van der Waals surface area contributed by atoms with Crippen molar-refractivity contribution >= 4 is 12.0 Å². The van der Waals surface area contributed by atoms with Gasteiger partial charge in [0, 0.05) is 6.42 Å². The van der Waals surface area contributed by atoms with Crippen LogP contribution in [0.1, 0.15) is 53.5 Å². The average molecular weight is 523 g/mol. The second-order valence-corrected chi connectivity index (χ2v) is 10.9. The maximum atomic E-state index is 13.8. The summed E-state index contributed by atoms with van der Waals surface area (Å²) in [7, 11) is 0. The average Bonchev–Trinajstić information content (AvgIpc) is 3.26. The SMILES string of the molecule is CCc1ccccc1OCC=C[C@@H]1C[C@H](Oc2ccccc2)CN1C(=O)C(NC(=O)OC(C)(C)C)C(C)C. The Kier molecular flexibility index (Phi) is 10.2. The van der Waals surface area contributed by atoms with Crippen LogP contribution in [0.3, 0.4) is 0 Å². The van der Waals surface area contributed by atoms with Gasteiger partial charge in [0.15, 0.2) is 0 Å². The molecule has 1 saturated heterocycles. The minimum absolute atomic E-state index is 0.123. The molecule has 1 unspecified atom stereocenters. The molecule has 2 amide bonds. The Balaban J connectivity index is 1.74. The van der Waals surface area contributed by atoms with Gasteiger partial charge in [0.1, 0.15) is 35.9 Å². The molecule has 38 heavy (non-hydrogen) atoms. The Hall–Kier alpha value is -3.48. The van der Waals surface area contributed by atoms with E-state index in [9.17, 15) is 9.59 Å². The smallest absolute Gasteiger partial charge is 0.408 e. The van der Waals surface area contributed by atoms with Crippen LogP contribution >= 0.6 is 0 Å². The van der Waals surface area contributed by atoms with Crippen LogP contribution in [0.4, 0.5) is 4.79 Å². The van der Waals surface area contributed by atoms with Crippen molar-refractivity contribution in [2.75, 3.05) is 13.2 Å². The number of aryl methyl sites for hydroxylation is 1. The number of alkyl carbamates (subject to hydrolysis) is 1. The normalized spacial score (nSPS) is 18.4. The summed E-state index contributed by atoms with van der Waals surface area (Å²) in [6, 6.07) is 16.7. The lowest BCUT2D eigenvalue weighted by Crippen LogP contribution is -2.53. The van der Waals surface area contributed by atoms with E-state index in [1.54, 1.807) is 25.7 Å². The lowest BCUT2D eigenvalue weighted by Gasteiger charge is -2.30.